The van der Waals surface area contributed by atoms with Gasteiger partial charge in [0.2, 0.25) is 5.13 Å². The predicted molar refractivity (Wildman–Crippen MR) is 152 cm³/mol. The molecule has 2 heterocycles. The maximum atomic E-state index is 12.6. The minimum atomic E-state index is -0.496. The summed E-state index contributed by atoms with van der Waals surface area (Å²) in [5.74, 6) is 1.80. The third-order valence-corrected chi connectivity index (χ3v) is 7.33. The molecular formula is C28H17Cl2N3O4S. The van der Waals surface area contributed by atoms with Crippen LogP contribution in [0.2, 0.25) is 10.0 Å². The Morgan fingerprint density at radius 2 is 1.68 bits per heavy atom. The van der Waals surface area contributed by atoms with Crippen molar-refractivity contribution in [3.05, 3.63) is 99.3 Å². The predicted octanol–water partition coefficient (Wildman–Crippen LogP) is 8.32. The standard InChI is InChI=1S/C28H17Cl2N3O4S/c1-35-17-7-10-23-15(12-17)13-20(27(34)37-23)26-32-33-28(38-26)31-16-6-9-25(22(30)14-16)36-24-11-8-21(29)18-4-2-3-5-19(18)24/h2-14H,1H3,(H,31,33). The summed E-state index contributed by atoms with van der Waals surface area (Å²) in [7, 11) is 1.58. The molecule has 0 fully saturated rings. The van der Waals surface area contributed by atoms with Crippen molar-refractivity contribution in [2.24, 2.45) is 0 Å². The number of ether oxygens (including phenoxy) is 2. The zero-order valence-corrected chi connectivity index (χ0v) is 22.0. The van der Waals surface area contributed by atoms with E-state index in [2.05, 4.69) is 15.5 Å². The van der Waals surface area contributed by atoms with E-state index in [-0.39, 0.29) is 0 Å². The lowest BCUT2D eigenvalue weighted by Gasteiger charge is -2.12. The summed E-state index contributed by atoms with van der Waals surface area (Å²) in [5.41, 5.74) is 0.963. The van der Waals surface area contributed by atoms with Crippen molar-refractivity contribution < 1.29 is 13.9 Å². The van der Waals surface area contributed by atoms with E-state index in [0.717, 1.165) is 16.2 Å². The molecule has 0 radical (unpaired) electrons. The van der Waals surface area contributed by atoms with E-state index in [0.29, 0.717) is 54.3 Å². The Balaban J connectivity index is 1.24. The first kappa shape index (κ1) is 24.2. The van der Waals surface area contributed by atoms with Crippen LogP contribution in [0.1, 0.15) is 0 Å². The smallest absolute Gasteiger partial charge is 0.346 e. The summed E-state index contributed by atoms with van der Waals surface area (Å²) in [5, 5.41) is 16.0. The molecule has 0 aliphatic rings. The summed E-state index contributed by atoms with van der Waals surface area (Å²) in [6, 6.07) is 23.6. The number of nitrogens with zero attached hydrogens (tertiary/aromatic N) is 2. The van der Waals surface area contributed by atoms with E-state index in [9.17, 15) is 4.79 Å². The van der Waals surface area contributed by atoms with Gasteiger partial charge in [0, 0.05) is 26.9 Å². The van der Waals surface area contributed by atoms with Crippen LogP contribution in [0.4, 0.5) is 10.8 Å². The first-order valence-electron chi connectivity index (χ1n) is 11.4. The van der Waals surface area contributed by atoms with Gasteiger partial charge in [-0.3, -0.25) is 0 Å². The highest BCUT2D eigenvalue weighted by molar-refractivity contribution is 7.18. The molecule has 0 saturated heterocycles. The zero-order valence-electron chi connectivity index (χ0n) is 19.7. The molecule has 4 aromatic carbocycles. The molecule has 10 heteroatoms. The fraction of sp³-hybridized carbons (Fsp3) is 0.0357. The average Bonchev–Trinajstić information content (AvgIpc) is 3.39. The van der Waals surface area contributed by atoms with Crippen LogP contribution in [0.3, 0.4) is 0 Å². The Morgan fingerprint density at radius 3 is 2.50 bits per heavy atom. The molecule has 2 aromatic heterocycles. The molecule has 0 aliphatic heterocycles. The summed E-state index contributed by atoms with van der Waals surface area (Å²) in [6.07, 6.45) is 0. The van der Waals surface area contributed by atoms with Gasteiger partial charge in [-0.05, 0) is 54.6 Å². The Kier molecular flexibility index (Phi) is 6.37. The molecule has 188 valence electrons. The van der Waals surface area contributed by atoms with Crippen LogP contribution in [-0.2, 0) is 0 Å². The molecule has 0 unspecified atom stereocenters. The number of fused-ring (bicyclic) bond motifs is 2. The van der Waals surface area contributed by atoms with Gasteiger partial charge in [0.15, 0.2) is 5.01 Å². The Labute approximate surface area is 230 Å². The highest BCUT2D eigenvalue weighted by Gasteiger charge is 2.15. The van der Waals surface area contributed by atoms with Crippen LogP contribution in [0, 0.1) is 0 Å². The van der Waals surface area contributed by atoms with E-state index >= 15 is 0 Å². The number of benzene rings is 4. The van der Waals surface area contributed by atoms with Crippen molar-refractivity contribution >= 4 is 67.1 Å². The molecule has 0 amide bonds. The highest BCUT2D eigenvalue weighted by atomic mass is 35.5. The van der Waals surface area contributed by atoms with Gasteiger partial charge in [0.05, 0.1) is 17.7 Å². The number of nitrogens with one attached hydrogen (secondary N) is 1. The monoisotopic (exact) mass is 561 g/mol. The lowest BCUT2D eigenvalue weighted by atomic mass is 10.1. The maximum absolute atomic E-state index is 12.6. The second kappa shape index (κ2) is 9.98. The Morgan fingerprint density at radius 1 is 0.868 bits per heavy atom. The largest absolute Gasteiger partial charge is 0.497 e. The molecule has 38 heavy (non-hydrogen) atoms. The molecule has 1 N–H and O–H groups in total. The summed E-state index contributed by atoms with van der Waals surface area (Å²) < 4.78 is 16.8. The van der Waals surface area contributed by atoms with Crippen LogP contribution in [0.15, 0.2) is 88.1 Å². The van der Waals surface area contributed by atoms with Crippen LogP contribution in [-0.4, -0.2) is 17.3 Å². The van der Waals surface area contributed by atoms with Crippen molar-refractivity contribution in [2.75, 3.05) is 12.4 Å². The number of hydrogen-bond donors (Lipinski definition) is 1. The van der Waals surface area contributed by atoms with Gasteiger partial charge < -0.3 is 19.2 Å². The summed E-state index contributed by atoms with van der Waals surface area (Å²) >= 11 is 14.1. The number of methoxy groups -OCH3 is 1. The summed E-state index contributed by atoms with van der Waals surface area (Å²) in [4.78, 5) is 12.6. The first-order valence-corrected chi connectivity index (χ1v) is 12.9. The van der Waals surface area contributed by atoms with Gasteiger partial charge >= 0.3 is 5.63 Å². The van der Waals surface area contributed by atoms with E-state index in [1.54, 1.807) is 49.6 Å². The minimum Gasteiger partial charge on any atom is -0.497 e. The molecule has 6 rings (SSSR count). The maximum Gasteiger partial charge on any atom is 0.346 e. The normalized spacial score (nSPS) is 11.1. The van der Waals surface area contributed by atoms with Gasteiger partial charge in [0.1, 0.15) is 22.8 Å². The van der Waals surface area contributed by atoms with Crippen LogP contribution in [0.5, 0.6) is 17.2 Å². The quantitative estimate of drug-likeness (QED) is 0.204. The van der Waals surface area contributed by atoms with Crippen LogP contribution < -0.4 is 20.4 Å². The second-order valence-electron chi connectivity index (χ2n) is 8.23. The van der Waals surface area contributed by atoms with Crippen LogP contribution >= 0.6 is 34.5 Å². The fourth-order valence-corrected chi connectivity index (χ4v) is 5.20. The molecule has 6 aromatic rings. The lowest BCUT2D eigenvalue weighted by molar-refractivity contribution is 0.415. The zero-order chi connectivity index (χ0) is 26.2. The topological polar surface area (TPSA) is 86.5 Å². The number of hydrogen-bond acceptors (Lipinski definition) is 8. The highest BCUT2D eigenvalue weighted by Crippen LogP contribution is 2.38. The van der Waals surface area contributed by atoms with Crippen molar-refractivity contribution in [3.63, 3.8) is 0 Å². The number of rotatable bonds is 6. The van der Waals surface area contributed by atoms with Gasteiger partial charge in [0.25, 0.3) is 0 Å². The van der Waals surface area contributed by atoms with Crippen LogP contribution in [0.25, 0.3) is 32.3 Å². The van der Waals surface area contributed by atoms with Crippen molar-refractivity contribution in [1.29, 1.82) is 0 Å². The van der Waals surface area contributed by atoms with E-state index < -0.39 is 5.63 Å². The van der Waals surface area contributed by atoms with Crippen molar-refractivity contribution in [1.82, 2.24) is 10.2 Å². The van der Waals surface area contributed by atoms with Crippen molar-refractivity contribution in [3.8, 4) is 27.8 Å². The third-order valence-electron chi connectivity index (χ3n) is 5.83. The van der Waals surface area contributed by atoms with Gasteiger partial charge in [-0.1, -0.05) is 58.8 Å². The Bertz CT molecular complexity index is 1890. The van der Waals surface area contributed by atoms with Crippen molar-refractivity contribution in [2.45, 2.75) is 0 Å². The second-order valence-corrected chi connectivity index (χ2v) is 10.0. The Hall–Kier alpha value is -4.11. The van der Waals surface area contributed by atoms with Gasteiger partial charge in [-0.25, -0.2) is 4.79 Å². The molecule has 0 atom stereocenters. The van der Waals surface area contributed by atoms with Gasteiger partial charge in [-0.15, -0.1) is 10.2 Å². The molecule has 0 saturated carbocycles. The lowest BCUT2D eigenvalue weighted by Crippen LogP contribution is -2.02. The SMILES string of the molecule is COc1ccc2oc(=O)c(-c3nnc(Nc4ccc(Oc5ccc(Cl)c6ccccc56)c(Cl)c4)s3)cc2c1. The number of halogens is 2. The van der Waals surface area contributed by atoms with E-state index in [1.165, 1.54) is 11.3 Å². The first-order chi connectivity index (χ1) is 18.5. The molecule has 0 bridgehead atoms. The average molecular weight is 562 g/mol. The molecule has 7 nitrogen and oxygen atoms in total. The minimum absolute atomic E-state index is 0.313. The van der Waals surface area contributed by atoms with E-state index in [1.807, 2.05) is 36.4 Å². The molecule has 0 aliphatic carbocycles. The number of anilines is 2. The van der Waals surface area contributed by atoms with Gasteiger partial charge in [-0.2, -0.15) is 0 Å². The fourth-order valence-electron chi connectivity index (χ4n) is 3.99. The summed E-state index contributed by atoms with van der Waals surface area (Å²) in [6.45, 7) is 0. The number of aromatic nitrogens is 2. The molecule has 0 spiro atoms. The third kappa shape index (κ3) is 4.65. The van der Waals surface area contributed by atoms with E-state index in [4.69, 9.17) is 37.1 Å². The molecular weight excluding hydrogens is 545 g/mol.